The van der Waals surface area contributed by atoms with Crippen LogP contribution in [-0.4, -0.2) is 14.2 Å². The Bertz CT molecular complexity index is 1290. The van der Waals surface area contributed by atoms with Gasteiger partial charge in [0.2, 0.25) is 0 Å². The molecule has 5 aromatic rings. The van der Waals surface area contributed by atoms with Gasteiger partial charge in [-0.15, -0.1) is 0 Å². The van der Waals surface area contributed by atoms with Crippen LogP contribution in [0.2, 0.25) is 0 Å². The van der Waals surface area contributed by atoms with Crippen LogP contribution in [0.4, 0.5) is 0 Å². The van der Waals surface area contributed by atoms with Crippen LogP contribution < -0.4 is 25.4 Å². The highest BCUT2D eigenvalue weighted by molar-refractivity contribution is 7.95. The number of methoxy groups -OCH3 is 2. The summed E-state index contributed by atoms with van der Waals surface area (Å²) in [7, 11) is 1.45. The minimum atomic E-state index is -2.06. The van der Waals surface area contributed by atoms with Crippen molar-refractivity contribution in [2.24, 2.45) is 0 Å². The van der Waals surface area contributed by atoms with Crippen molar-refractivity contribution in [2.75, 3.05) is 14.2 Å². The fourth-order valence-corrected chi connectivity index (χ4v) is 9.15. The molecule has 3 heteroatoms. The Labute approximate surface area is 202 Å². The SMILES string of the molecule is COc1cc(C[P+](c2ccccc2)(c2ccccc2)c2ccccc2)c(OC)c2ccccc12. The summed E-state index contributed by atoms with van der Waals surface area (Å²) in [5.41, 5.74) is 1.16. The molecule has 0 unspecified atom stereocenters. The van der Waals surface area contributed by atoms with Gasteiger partial charge in [-0.2, -0.15) is 0 Å². The molecule has 0 heterocycles. The van der Waals surface area contributed by atoms with Crippen LogP contribution in [0, 0.1) is 0 Å². The molecule has 0 fully saturated rings. The lowest BCUT2D eigenvalue weighted by molar-refractivity contribution is 0.407. The van der Waals surface area contributed by atoms with E-state index in [1.54, 1.807) is 14.2 Å². The van der Waals surface area contributed by atoms with E-state index in [0.29, 0.717) is 0 Å². The summed E-state index contributed by atoms with van der Waals surface area (Å²) >= 11 is 0. The quantitative estimate of drug-likeness (QED) is 0.262. The van der Waals surface area contributed by atoms with Gasteiger partial charge in [0.15, 0.2) is 0 Å². The minimum absolute atomic E-state index is 0.829. The zero-order valence-corrected chi connectivity index (χ0v) is 20.4. The maximum Gasteiger partial charge on any atom is 0.133 e. The second kappa shape index (κ2) is 9.71. The van der Waals surface area contributed by atoms with Crippen molar-refractivity contribution in [3.05, 3.63) is 127 Å². The molecule has 168 valence electrons. The van der Waals surface area contributed by atoms with Gasteiger partial charge < -0.3 is 9.47 Å². The molecule has 0 aliphatic heterocycles. The van der Waals surface area contributed by atoms with Gasteiger partial charge in [0.1, 0.15) is 40.8 Å². The van der Waals surface area contributed by atoms with Gasteiger partial charge in [-0.25, -0.2) is 0 Å². The van der Waals surface area contributed by atoms with Crippen molar-refractivity contribution in [3.8, 4) is 11.5 Å². The van der Waals surface area contributed by atoms with E-state index in [2.05, 4.69) is 115 Å². The molecule has 0 aromatic heterocycles. The number of rotatable bonds is 7. The molecule has 5 aromatic carbocycles. The van der Waals surface area contributed by atoms with E-state index in [0.717, 1.165) is 34.0 Å². The van der Waals surface area contributed by atoms with Gasteiger partial charge in [0, 0.05) is 16.3 Å². The monoisotopic (exact) mass is 463 g/mol. The summed E-state index contributed by atoms with van der Waals surface area (Å²) in [6.45, 7) is 0. The van der Waals surface area contributed by atoms with Gasteiger partial charge >= 0.3 is 0 Å². The van der Waals surface area contributed by atoms with E-state index in [1.165, 1.54) is 15.9 Å². The summed E-state index contributed by atoms with van der Waals surface area (Å²) in [5, 5.41) is 6.19. The first kappa shape index (κ1) is 22.2. The molecule has 34 heavy (non-hydrogen) atoms. The number of hydrogen-bond acceptors (Lipinski definition) is 2. The van der Waals surface area contributed by atoms with E-state index in [4.69, 9.17) is 9.47 Å². The van der Waals surface area contributed by atoms with Gasteiger partial charge in [0.05, 0.1) is 14.2 Å². The lowest BCUT2D eigenvalue weighted by Gasteiger charge is -2.29. The molecule has 0 saturated heterocycles. The second-order valence-electron chi connectivity index (χ2n) is 8.29. The van der Waals surface area contributed by atoms with Crippen LogP contribution in [0.15, 0.2) is 121 Å². The molecule has 0 spiro atoms. The largest absolute Gasteiger partial charge is 0.496 e. The average molecular weight is 464 g/mol. The number of benzene rings is 5. The molecule has 5 rings (SSSR count). The summed E-state index contributed by atoms with van der Waals surface area (Å²) in [6.07, 6.45) is 0.829. The zero-order valence-electron chi connectivity index (χ0n) is 19.5. The Morgan fingerprint density at radius 2 is 0.971 bits per heavy atom. The van der Waals surface area contributed by atoms with Gasteiger partial charge in [-0.1, -0.05) is 78.9 Å². The van der Waals surface area contributed by atoms with Crippen LogP contribution in [0.3, 0.4) is 0 Å². The summed E-state index contributed by atoms with van der Waals surface area (Å²) < 4.78 is 11.9. The van der Waals surface area contributed by atoms with Crippen LogP contribution in [0.25, 0.3) is 10.8 Å². The van der Waals surface area contributed by atoms with Crippen molar-refractivity contribution >= 4 is 33.9 Å². The van der Waals surface area contributed by atoms with Crippen LogP contribution in [0.1, 0.15) is 5.56 Å². The first-order valence-electron chi connectivity index (χ1n) is 11.5. The molecule has 0 aliphatic rings. The maximum atomic E-state index is 6.07. The van der Waals surface area contributed by atoms with Crippen LogP contribution in [-0.2, 0) is 6.16 Å². The highest BCUT2D eigenvalue weighted by Crippen LogP contribution is 2.59. The summed E-state index contributed by atoms with van der Waals surface area (Å²) in [6, 6.07) is 43.3. The average Bonchev–Trinajstić information content (AvgIpc) is 2.92. The van der Waals surface area contributed by atoms with E-state index in [9.17, 15) is 0 Å². The third-order valence-corrected chi connectivity index (χ3v) is 10.8. The van der Waals surface area contributed by atoms with Crippen LogP contribution >= 0.6 is 7.26 Å². The third-order valence-electron chi connectivity index (χ3n) is 6.46. The number of fused-ring (bicyclic) bond motifs is 1. The Balaban J connectivity index is 1.84. The highest BCUT2D eigenvalue weighted by Gasteiger charge is 2.46. The lowest BCUT2D eigenvalue weighted by Crippen LogP contribution is -2.32. The minimum Gasteiger partial charge on any atom is -0.496 e. The van der Waals surface area contributed by atoms with E-state index in [-0.39, 0.29) is 0 Å². The van der Waals surface area contributed by atoms with E-state index >= 15 is 0 Å². The maximum absolute atomic E-state index is 6.07. The number of ether oxygens (including phenoxy) is 2. The molecule has 0 saturated carbocycles. The molecule has 0 radical (unpaired) electrons. The molecular formula is C31H28O2P+. The zero-order chi connectivity index (χ0) is 23.4. The first-order chi connectivity index (χ1) is 16.8. The Hall–Kier alpha value is -3.61. The molecule has 0 amide bonds. The van der Waals surface area contributed by atoms with Gasteiger partial charge in [0.25, 0.3) is 0 Å². The Morgan fingerprint density at radius 1 is 0.529 bits per heavy atom. The smallest absolute Gasteiger partial charge is 0.133 e. The lowest BCUT2D eigenvalue weighted by atomic mass is 10.0. The van der Waals surface area contributed by atoms with Crippen molar-refractivity contribution in [2.45, 2.75) is 6.16 Å². The van der Waals surface area contributed by atoms with Gasteiger partial charge in [-0.3, -0.25) is 0 Å². The second-order valence-corrected chi connectivity index (χ2v) is 11.8. The molecule has 0 aliphatic carbocycles. The fourth-order valence-electron chi connectivity index (χ4n) is 4.92. The molecule has 0 bridgehead atoms. The first-order valence-corrected chi connectivity index (χ1v) is 13.4. The molecule has 0 atom stereocenters. The van der Waals surface area contributed by atoms with E-state index in [1.807, 2.05) is 6.07 Å². The summed E-state index contributed by atoms with van der Waals surface area (Å²) in [5.74, 6) is 1.79. The molecular weight excluding hydrogens is 435 g/mol. The summed E-state index contributed by atoms with van der Waals surface area (Å²) in [4.78, 5) is 0. The predicted octanol–water partition coefficient (Wildman–Crippen LogP) is 6.35. The van der Waals surface area contributed by atoms with Gasteiger partial charge in [-0.05, 0) is 42.5 Å². The Morgan fingerprint density at radius 3 is 1.41 bits per heavy atom. The van der Waals surface area contributed by atoms with Crippen LogP contribution in [0.5, 0.6) is 11.5 Å². The van der Waals surface area contributed by atoms with Crippen molar-refractivity contribution in [1.29, 1.82) is 0 Å². The number of hydrogen-bond donors (Lipinski definition) is 0. The predicted molar refractivity (Wildman–Crippen MR) is 146 cm³/mol. The Kier molecular flexibility index (Phi) is 6.34. The van der Waals surface area contributed by atoms with Crippen molar-refractivity contribution < 1.29 is 9.47 Å². The molecule has 0 N–H and O–H groups in total. The molecule has 2 nitrogen and oxygen atoms in total. The van der Waals surface area contributed by atoms with E-state index < -0.39 is 7.26 Å². The topological polar surface area (TPSA) is 18.5 Å². The third kappa shape index (κ3) is 3.85. The fraction of sp³-hybridized carbons (Fsp3) is 0.0968. The highest BCUT2D eigenvalue weighted by atomic mass is 31.2. The van der Waals surface area contributed by atoms with Crippen molar-refractivity contribution in [3.63, 3.8) is 0 Å². The van der Waals surface area contributed by atoms with Crippen molar-refractivity contribution in [1.82, 2.24) is 0 Å². The standard InChI is InChI=1S/C31H28O2P/c1-32-30-22-24(31(33-2)29-21-13-12-20-28(29)30)23-34(25-14-6-3-7-15-25,26-16-8-4-9-17-26)27-18-10-5-11-19-27/h3-22H,23H2,1-2H3/q+1. The normalized spacial score (nSPS) is 11.4.